The number of rotatable bonds is 2. The number of nitrogens with zero attached hydrogens (tertiary/aromatic N) is 2. The second kappa shape index (κ2) is 5.01. The van der Waals surface area contributed by atoms with Gasteiger partial charge in [-0.15, -0.1) is 11.3 Å². The zero-order chi connectivity index (χ0) is 13.2. The lowest BCUT2D eigenvalue weighted by molar-refractivity contribution is 0.102. The maximum Gasteiger partial charge on any atom is 0.257 e. The van der Waals surface area contributed by atoms with Crippen LogP contribution in [0.25, 0.3) is 0 Å². The summed E-state index contributed by atoms with van der Waals surface area (Å²) in [4.78, 5) is 18.4. The lowest BCUT2D eigenvalue weighted by Crippen LogP contribution is -2.25. The SMILES string of the molecule is CN1CCCc2cc(C(=O)Nc3nccs3)ccc21. The minimum atomic E-state index is -0.0917. The van der Waals surface area contributed by atoms with E-state index in [1.807, 2.05) is 23.6 Å². The van der Waals surface area contributed by atoms with E-state index in [9.17, 15) is 4.79 Å². The molecule has 0 aliphatic carbocycles. The molecule has 1 aliphatic rings. The molecule has 1 aliphatic heterocycles. The van der Waals surface area contributed by atoms with E-state index in [4.69, 9.17) is 0 Å². The topological polar surface area (TPSA) is 45.2 Å². The first kappa shape index (κ1) is 12.2. The Balaban J connectivity index is 1.83. The van der Waals surface area contributed by atoms with Crippen LogP contribution in [0.3, 0.4) is 0 Å². The van der Waals surface area contributed by atoms with Gasteiger partial charge in [0, 0.05) is 36.4 Å². The monoisotopic (exact) mass is 273 g/mol. The van der Waals surface area contributed by atoms with Gasteiger partial charge in [0.05, 0.1) is 0 Å². The minimum Gasteiger partial charge on any atom is -0.374 e. The van der Waals surface area contributed by atoms with Gasteiger partial charge in [-0.3, -0.25) is 10.1 Å². The third-order valence-corrected chi connectivity index (χ3v) is 4.03. The lowest BCUT2D eigenvalue weighted by atomic mass is 9.99. The lowest BCUT2D eigenvalue weighted by Gasteiger charge is -2.27. The van der Waals surface area contributed by atoms with Crippen molar-refractivity contribution in [3.63, 3.8) is 0 Å². The zero-order valence-corrected chi connectivity index (χ0v) is 11.5. The molecule has 2 aromatic rings. The van der Waals surface area contributed by atoms with E-state index in [1.165, 1.54) is 22.6 Å². The molecular weight excluding hydrogens is 258 g/mol. The van der Waals surface area contributed by atoms with Crippen molar-refractivity contribution in [3.05, 3.63) is 40.9 Å². The summed E-state index contributed by atoms with van der Waals surface area (Å²) in [5.41, 5.74) is 3.18. The van der Waals surface area contributed by atoms with Crippen molar-refractivity contribution < 1.29 is 4.79 Å². The van der Waals surface area contributed by atoms with Gasteiger partial charge in [0.25, 0.3) is 5.91 Å². The van der Waals surface area contributed by atoms with Gasteiger partial charge in [-0.1, -0.05) is 0 Å². The van der Waals surface area contributed by atoms with Crippen LogP contribution < -0.4 is 10.2 Å². The molecule has 0 saturated carbocycles. The van der Waals surface area contributed by atoms with Crippen LogP contribution in [0, 0.1) is 0 Å². The van der Waals surface area contributed by atoms with E-state index in [-0.39, 0.29) is 5.91 Å². The summed E-state index contributed by atoms with van der Waals surface area (Å²) in [7, 11) is 2.09. The maximum atomic E-state index is 12.1. The van der Waals surface area contributed by atoms with Crippen LogP contribution in [0.4, 0.5) is 10.8 Å². The van der Waals surface area contributed by atoms with Gasteiger partial charge >= 0.3 is 0 Å². The summed E-state index contributed by atoms with van der Waals surface area (Å²) in [6, 6.07) is 5.91. The van der Waals surface area contributed by atoms with E-state index in [1.54, 1.807) is 6.20 Å². The molecule has 1 N–H and O–H groups in total. The number of amides is 1. The molecule has 1 amide bonds. The molecule has 4 nitrogen and oxygen atoms in total. The van der Waals surface area contributed by atoms with Gasteiger partial charge in [-0.05, 0) is 36.6 Å². The number of aromatic nitrogens is 1. The molecule has 98 valence electrons. The fourth-order valence-corrected chi connectivity index (χ4v) is 2.90. The fraction of sp³-hybridized carbons (Fsp3) is 0.286. The molecule has 3 rings (SSSR count). The number of hydrogen-bond acceptors (Lipinski definition) is 4. The molecule has 1 aromatic carbocycles. The first-order valence-electron chi connectivity index (χ1n) is 6.29. The standard InChI is InChI=1S/C14H15N3OS/c1-17-7-2-3-10-9-11(4-5-12(10)17)13(18)16-14-15-6-8-19-14/h4-6,8-9H,2-3,7H2,1H3,(H,15,16,18). The highest BCUT2D eigenvalue weighted by atomic mass is 32.1. The summed E-state index contributed by atoms with van der Waals surface area (Å²) in [5, 5.41) is 5.29. The Bertz CT molecular complexity index is 595. The highest BCUT2D eigenvalue weighted by Crippen LogP contribution is 2.27. The molecule has 2 heterocycles. The summed E-state index contributed by atoms with van der Waals surface area (Å²) in [5.74, 6) is -0.0917. The van der Waals surface area contributed by atoms with Crippen molar-refractivity contribution in [1.82, 2.24) is 4.98 Å². The van der Waals surface area contributed by atoms with E-state index in [0.29, 0.717) is 10.7 Å². The molecule has 0 unspecified atom stereocenters. The van der Waals surface area contributed by atoms with E-state index in [2.05, 4.69) is 22.2 Å². The second-order valence-electron chi connectivity index (χ2n) is 4.66. The number of thiazole rings is 1. The normalized spacial score (nSPS) is 14.1. The Morgan fingerprint density at radius 3 is 3.16 bits per heavy atom. The molecule has 0 fully saturated rings. The third kappa shape index (κ3) is 2.46. The number of aryl methyl sites for hydroxylation is 1. The number of benzene rings is 1. The largest absolute Gasteiger partial charge is 0.374 e. The highest BCUT2D eigenvalue weighted by Gasteiger charge is 2.16. The van der Waals surface area contributed by atoms with Gasteiger partial charge < -0.3 is 4.90 Å². The number of carbonyl (C=O) groups is 1. The zero-order valence-electron chi connectivity index (χ0n) is 10.7. The van der Waals surface area contributed by atoms with Crippen molar-refractivity contribution in [2.45, 2.75) is 12.8 Å². The summed E-state index contributed by atoms with van der Waals surface area (Å²) in [6.45, 7) is 1.08. The Hall–Kier alpha value is -1.88. The molecule has 0 bridgehead atoms. The number of fused-ring (bicyclic) bond motifs is 1. The number of hydrogen-bond donors (Lipinski definition) is 1. The Morgan fingerprint density at radius 1 is 1.47 bits per heavy atom. The predicted octanol–water partition coefficient (Wildman–Crippen LogP) is 2.78. The summed E-state index contributed by atoms with van der Waals surface area (Å²) >= 11 is 1.42. The molecular formula is C14H15N3OS. The van der Waals surface area contributed by atoms with Crippen LogP contribution in [0.2, 0.25) is 0 Å². The van der Waals surface area contributed by atoms with Crippen LogP contribution in [-0.4, -0.2) is 24.5 Å². The number of anilines is 2. The van der Waals surface area contributed by atoms with E-state index >= 15 is 0 Å². The first-order chi connectivity index (χ1) is 9.24. The van der Waals surface area contributed by atoms with Crippen molar-refractivity contribution >= 4 is 28.1 Å². The average molecular weight is 273 g/mol. The smallest absolute Gasteiger partial charge is 0.257 e. The van der Waals surface area contributed by atoms with Crippen LogP contribution >= 0.6 is 11.3 Å². The predicted molar refractivity (Wildman–Crippen MR) is 78.1 cm³/mol. The van der Waals surface area contributed by atoms with Crippen LogP contribution in [0.5, 0.6) is 0 Å². The van der Waals surface area contributed by atoms with Crippen molar-refractivity contribution in [1.29, 1.82) is 0 Å². The Kier molecular flexibility index (Phi) is 3.21. The Morgan fingerprint density at radius 2 is 2.37 bits per heavy atom. The molecule has 0 atom stereocenters. The average Bonchev–Trinajstić information content (AvgIpc) is 2.91. The van der Waals surface area contributed by atoms with E-state index in [0.717, 1.165) is 19.4 Å². The highest BCUT2D eigenvalue weighted by molar-refractivity contribution is 7.13. The molecule has 0 saturated heterocycles. The van der Waals surface area contributed by atoms with Gasteiger partial charge in [-0.25, -0.2) is 4.98 Å². The first-order valence-corrected chi connectivity index (χ1v) is 7.17. The van der Waals surface area contributed by atoms with Gasteiger partial charge in [0.2, 0.25) is 0 Å². The van der Waals surface area contributed by atoms with Crippen LogP contribution in [0.15, 0.2) is 29.8 Å². The molecule has 0 radical (unpaired) electrons. The van der Waals surface area contributed by atoms with Gasteiger partial charge in [-0.2, -0.15) is 0 Å². The van der Waals surface area contributed by atoms with Crippen molar-refractivity contribution in [2.75, 3.05) is 23.8 Å². The quantitative estimate of drug-likeness (QED) is 0.915. The molecule has 19 heavy (non-hydrogen) atoms. The Labute approximate surface area is 116 Å². The summed E-state index contributed by atoms with van der Waals surface area (Å²) in [6.07, 6.45) is 3.86. The minimum absolute atomic E-state index is 0.0917. The van der Waals surface area contributed by atoms with Crippen LogP contribution in [0.1, 0.15) is 22.3 Å². The van der Waals surface area contributed by atoms with Gasteiger partial charge in [0.1, 0.15) is 0 Å². The van der Waals surface area contributed by atoms with Gasteiger partial charge in [0.15, 0.2) is 5.13 Å². The van der Waals surface area contributed by atoms with Crippen molar-refractivity contribution in [3.8, 4) is 0 Å². The third-order valence-electron chi connectivity index (χ3n) is 3.35. The maximum absolute atomic E-state index is 12.1. The summed E-state index contributed by atoms with van der Waals surface area (Å²) < 4.78 is 0. The van der Waals surface area contributed by atoms with Crippen LogP contribution in [-0.2, 0) is 6.42 Å². The molecule has 0 spiro atoms. The van der Waals surface area contributed by atoms with Crippen molar-refractivity contribution in [2.24, 2.45) is 0 Å². The molecule has 1 aromatic heterocycles. The molecule has 5 heteroatoms. The number of carbonyl (C=O) groups excluding carboxylic acids is 1. The second-order valence-corrected chi connectivity index (χ2v) is 5.55. The van der Waals surface area contributed by atoms with E-state index < -0.39 is 0 Å². The number of nitrogens with one attached hydrogen (secondary N) is 1. The fourth-order valence-electron chi connectivity index (χ4n) is 2.38.